The van der Waals surface area contributed by atoms with Crippen LogP contribution in [-0.4, -0.2) is 13.1 Å². The van der Waals surface area contributed by atoms with E-state index in [0.29, 0.717) is 5.70 Å². The van der Waals surface area contributed by atoms with Gasteiger partial charge in [-0.3, -0.25) is 0 Å². The highest BCUT2D eigenvalue weighted by molar-refractivity contribution is 5.92. The fourth-order valence-corrected chi connectivity index (χ4v) is 0.965. The van der Waals surface area contributed by atoms with Crippen LogP contribution in [0.4, 0.5) is 4.39 Å². The molecular formula is C9H10FNO2. The molecule has 0 atom stereocenters. The largest absolute Gasteiger partial charge is 0.465 e. The Morgan fingerprint density at radius 3 is 2.92 bits per heavy atom. The second-order valence-electron chi connectivity index (χ2n) is 2.56. The number of ether oxygens (including phenoxy) is 1. The van der Waals surface area contributed by atoms with Crippen molar-refractivity contribution in [3.8, 4) is 0 Å². The van der Waals surface area contributed by atoms with Crippen LogP contribution in [0.15, 0.2) is 35.3 Å². The first-order chi connectivity index (χ1) is 6.15. The third kappa shape index (κ3) is 2.18. The second-order valence-corrected chi connectivity index (χ2v) is 2.56. The molecule has 0 saturated heterocycles. The van der Waals surface area contributed by atoms with Crippen LogP contribution in [0.3, 0.4) is 0 Å². The maximum Gasteiger partial charge on any atom is 0.339 e. The van der Waals surface area contributed by atoms with Gasteiger partial charge >= 0.3 is 5.97 Å². The number of hydrogen-bond acceptors (Lipinski definition) is 3. The predicted molar refractivity (Wildman–Crippen MR) is 46.2 cm³/mol. The third-order valence-corrected chi connectivity index (χ3v) is 1.68. The van der Waals surface area contributed by atoms with E-state index in [-0.39, 0.29) is 12.0 Å². The van der Waals surface area contributed by atoms with E-state index in [2.05, 4.69) is 4.74 Å². The Balaban J connectivity index is 2.96. The minimum atomic E-state index is -0.545. The van der Waals surface area contributed by atoms with Crippen LogP contribution >= 0.6 is 0 Å². The molecule has 70 valence electrons. The highest BCUT2D eigenvalue weighted by Crippen LogP contribution is 2.15. The van der Waals surface area contributed by atoms with Crippen molar-refractivity contribution in [1.29, 1.82) is 0 Å². The molecule has 13 heavy (non-hydrogen) atoms. The van der Waals surface area contributed by atoms with Gasteiger partial charge < -0.3 is 10.5 Å². The van der Waals surface area contributed by atoms with Gasteiger partial charge in [0, 0.05) is 12.1 Å². The Kier molecular flexibility index (Phi) is 2.84. The van der Waals surface area contributed by atoms with E-state index in [4.69, 9.17) is 5.73 Å². The molecule has 1 rings (SSSR count). The molecular weight excluding hydrogens is 173 g/mol. The summed E-state index contributed by atoms with van der Waals surface area (Å²) in [4.78, 5) is 11.1. The molecule has 0 saturated carbocycles. The predicted octanol–water partition coefficient (Wildman–Crippen LogP) is 1.19. The molecule has 0 fully saturated rings. The van der Waals surface area contributed by atoms with Gasteiger partial charge in [0.2, 0.25) is 0 Å². The van der Waals surface area contributed by atoms with Gasteiger partial charge in [0.1, 0.15) is 5.83 Å². The summed E-state index contributed by atoms with van der Waals surface area (Å²) in [7, 11) is 1.26. The summed E-state index contributed by atoms with van der Waals surface area (Å²) in [6.45, 7) is 0. The smallest absolute Gasteiger partial charge is 0.339 e. The van der Waals surface area contributed by atoms with Gasteiger partial charge in [-0.05, 0) is 18.2 Å². The lowest BCUT2D eigenvalue weighted by Crippen LogP contribution is -2.10. The zero-order valence-corrected chi connectivity index (χ0v) is 7.21. The van der Waals surface area contributed by atoms with Gasteiger partial charge in [0.15, 0.2) is 0 Å². The van der Waals surface area contributed by atoms with E-state index >= 15 is 0 Å². The van der Waals surface area contributed by atoms with Crippen molar-refractivity contribution < 1.29 is 13.9 Å². The number of halogens is 1. The Morgan fingerprint density at radius 1 is 1.62 bits per heavy atom. The van der Waals surface area contributed by atoms with Gasteiger partial charge in [-0.15, -0.1) is 0 Å². The number of hydrogen-bond donors (Lipinski definition) is 1. The first-order valence-corrected chi connectivity index (χ1v) is 3.76. The maximum atomic E-state index is 12.7. The molecule has 3 nitrogen and oxygen atoms in total. The SMILES string of the molecule is COC(=O)C1=C(N)CC=C(F)C=C1. The molecule has 0 unspecified atom stereocenters. The highest BCUT2D eigenvalue weighted by atomic mass is 19.1. The van der Waals surface area contributed by atoms with Gasteiger partial charge in [0.25, 0.3) is 0 Å². The molecule has 4 heteroatoms. The van der Waals surface area contributed by atoms with Crippen molar-refractivity contribution in [1.82, 2.24) is 0 Å². The summed E-state index contributed by atoms with van der Waals surface area (Å²) in [5.74, 6) is -0.946. The quantitative estimate of drug-likeness (QED) is 0.621. The van der Waals surface area contributed by atoms with E-state index in [9.17, 15) is 9.18 Å². The highest BCUT2D eigenvalue weighted by Gasteiger charge is 2.12. The lowest BCUT2D eigenvalue weighted by Gasteiger charge is -2.02. The van der Waals surface area contributed by atoms with E-state index in [0.717, 1.165) is 0 Å². The van der Waals surface area contributed by atoms with E-state index in [1.807, 2.05) is 0 Å². The fourth-order valence-electron chi connectivity index (χ4n) is 0.965. The molecule has 0 amide bonds. The number of rotatable bonds is 1. The molecule has 0 bridgehead atoms. The normalized spacial score (nSPS) is 16.6. The van der Waals surface area contributed by atoms with Crippen molar-refractivity contribution in [2.24, 2.45) is 5.73 Å². The number of allylic oxidation sites excluding steroid dienone is 3. The molecule has 0 radical (unpaired) electrons. The monoisotopic (exact) mass is 183 g/mol. The molecule has 1 aliphatic rings. The van der Waals surface area contributed by atoms with Crippen molar-refractivity contribution in [3.05, 3.63) is 35.3 Å². The summed E-state index contributed by atoms with van der Waals surface area (Å²) >= 11 is 0. The van der Waals surface area contributed by atoms with E-state index in [1.165, 1.54) is 25.3 Å². The Bertz CT molecular complexity index is 316. The van der Waals surface area contributed by atoms with Crippen LogP contribution in [0.25, 0.3) is 0 Å². The minimum Gasteiger partial charge on any atom is -0.465 e. The molecule has 0 aromatic rings. The molecule has 0 spiro atoms. The third-order valence-electron chi connectivity index (χ3n) is 1.68. The van der Waals surface area contributed by atoms with Crippen LogP contribution in [0.2, 0.25) is 0 Å². The summed E-state index contributed by atoms with van der Waals surface area (Å²) in [5.41, 5.74) is 6.06. The summed E-state index contributed by atoms with van der Waals surface area (Å²) in [5, 5.41) is 0. The van der Waals surface area contributed by atoms with Gasteiger partial charge in [0.05, 0.1) is 12.7 Å². The van der Waals surface area contributed by atoms with E-state index < -0.39 is 11.8 Å². The zero-order valence-electron chi connectivity index (χ0n) is 7.21. The van der Waals surface area contributed by atoms with Crippen LogP contribution in [0, 0.1) is 0 Å². The van der Waals surface area contributed by atoms with Gasteiger partial charge in [-0.1, -0.05) is 0 Å². The number of methoxy groups -OCH3 is 1. The summed E-state index contributed by atoms with van der Waals surface area (Å²) < 4.78 is 17.2. The van der Waals surface area contributed by atoms with Crippen LogP contribution in [0.5, 0.6) is 0 Å². The lowest BCUT2D eigenvalue weighted by molar-refractivity contribution is -0.135. The van der Waals surface area contributed by atoms with Crippen LogP contribution in [0.1, 0.15) is 6.42 Å². The molecule has 1 aliphatic carbocycles. The first-order valence-electron chi connectivity index (χ1n) is 3.76. The minimum absolute atomic E-state index is 0.214. The Morgan fingerprint density at radius 2 is 2.31 bits per heavy atom. The van der Waals surface area contributed by atoms with Crippen LogP contribution < -0.4 is 5.73 Å². The molecule has 2 N–H and O–H groups in total. The molecule has 0 aliphatic heterocycles. The Hall–Kier alpha value is -1.58. The first kappa shape index (κ1) is 9.51. The number of carbonyl (C=O) groups is 1. The molecule has 0 aromatic carbocycles. The van der Waals surface area contributed by atoms with Crippen molar-refractivity contribution in [3.63, 3.8) is 0 Å². The standard InChI is InChI=1S/C9H10FNO2/c1-13-9(12)7-4-2-6(10)3-5-8(7)11/h2-4H,5,11H2,1H3. The fraction of sp³-hybridized carbons (Fsp3) is 0.222. The van der Waals surface area contributed by atoms with E-state index in [1.54, 1.807) is 0 Å². The molecule has 0 aromatic heterocycles. The Labute approximate surface area is 75.4 Å². The zero-order chi connectivity index (χ0) is 9.84. The summed E-state index contributed by atoms with van der Waals surface area (Å²) in [6.07, 6.45) is 4.04. The molecule has 0 heterocycles. The van der Waals surface area contributed by atoms with Crippen molar-refractivity contribution in [2.75, 3.05) is 7.11 Å². The average molecular weight is 183 g/mol. The van der Waals surface area contributed by atoms with Crippen LogP contribution in [-0.2, 0) is 9.53 Å². The number of esters is 1. The second kappa shape index (κ2) is 3.89. The average Bonchev–Trinajstić information content (AvgIpc) is 2.28. The topological polar surface area (TPSA) is 52.3 Å². The number of carbonyl (C=O) groups excluding carboxylic acids is 1. The number of nitrogens with two attached hydrogens (primary N) is 1. The maximum absolute atomic E-state index is 12.7. The summed E-state index contributed by atoms with van der Waals surface area (Å²) in [6, 6.07) is 0. The lowest BCUT2D eigenvalue weighted by atomic mass is 10.2. The van der Waals surface area contributed by atoms with Crippen molar-refractivity contribution >= 4 is 5.97 Å². The van der Waals surface area contributed by atoms with Gasteiger partial charge in [-0.25, -0.2) is 9.18 Å². The van der Waals surface area contributed by atoms with Crippen molar-refractivity contribution in [2.45, 2.75) is 6.42 Å². The van der Waals surface area contributed by atoms with Gasteiger partial charge in [-0.2, -0.15) is 0 Å².